The average Bonchev–Trinajstić information content (AvgIpc) is 3.25. The van der Waals surface area contributed by atoms with Crippen molar-refractivity contribution >= 4 is 10.0 Å². The van der Waals surface area contributed by atoms with Crippen molar-refractivity contribution in [3.8, 4) is 5.69 Å². The van der Waals surface area contributed by atoms with Gasteiger partial charge in [0.05, 0.1) is 10.6 Å². The van der Waals surface area contributed by atoms with Gasteiger partial charge in [-0.15, -0.1) is 0 Å². The fraction of sp³-hybridized carbons (Fsp3) is 0.222. The summed E-state index contributed by atoms with van der Waals surface area (Å²) in [6.07, 6.45) is 0.760. The molecule has 0 spiro atoms. The van der Waals surface area contributed by atoms with Crippen LogP contribution < -0.4 is 16.1 Å². The number of benzene rings is 2. The van der Waals surface area contributed by atoms with Crippen molar-refractivity contribution in [2.24, 2.45) is 0 Å². The van der Waals surface area contributed by atoms with Crippen LogP contribution in [0.25, 0.3) is 5.69 Å². The van der Waals surface area contributed by atoms with Crippen molar-refractivity contribution in [1.82, 2.24) is 18.7 Å². The molecule has 0 amide bonds. The standard InChI is InChI=1S/C18H18N4O4S/c23-17-20-11-4-12-21(20)18(24)22(17)15-7-9-16(10-8-15)27(25,26)19-13-14-5-2-1-3-6-14/h1-3,5-10,19H,4,11-13H2. The van der Waals surface area contributed by atoms with E-state index in [1.165, 1.54) is 33.6 Å². The highest BCUT2D eigenvalue weighted by atomic mass is 32.2. The molecule has 0 saturated carbocycles. The van der Waals surface area contributed by atoms with Crippen LogP contribution in [0.1, 0.15) is 12.0 Å². The van der Waals surface area contributed by atoms with Crippen LogP contribution in [0.2, 0.25) is 0 Å². The summed E-state index contributed by atoms with van der Waals surface area (Å²) in [6, 6.07) is 14.9. The first-order valence-electron chi connectivity index (χ1n) is 8.54. The largest absolute Gasteiger partial charge is 0.351 e. The zero-order valence-corrected chi connectivity index (χ0v) is 15.2. The van der Waals surface area contributed by atoms with Gasteiger partial charge in [-0.2, -0.15) is 0 Å². The zero-order chi connectivity index (χ0) is 19.0. The molecule has 1 N–H and O–H groups in total. The first-order valence-corrected chi connectivity index (χ1v) is 10.0. The van der Waals surface area contributed by atoms with E-state index in [-0.39, 0.29) is 11.4 Å². The highest BCUT2D eigenvalue weighted by molar-refractivity contribution is 7.89. The third-order valence-electron chi connectivity index (χ3n) is 4.57. The van der Waals surface area contributed by atoms with Crippen molar-refractivity contribution in [2.75, 3.05) is 0 Å². The highest BCUT2D eigenvalue weighted by Gasteiger charge is 2.21. The number of rotatable bonds is 5. The first-order chi connectivity index (χ1) is 13.0. The lowest BCUT2D eigenvalue weighted by Crippen LogP contribution is -2.28. The maximum absolute atomic E-state index is 12.5. The Kier molecular flexibility index (Phi) is 4.33. The molecule has 8 nitrogen and oxygen atoms in total. The van der Waals surface area contributed by atoms with Crippen molar-refractivity contribution in [1.29, 1.82) is 0 Å². The minimum absolute atomic E-state index is 0.0714. The minimum atomic E-state index is -3.70. The van der Waals surface area contributed by atoms with Crippen LogP contribution >= 0.6 is 0 Å². The van der Waals surface area contributed by atoms with Crippen LogP contribution in [0.15, 0.2) is 69.1 Å². The van der Waals surface area contributed by atoms with Gasteiger partial charge in [0.1, 0.15) is 0 Å². The minimum Gasteiger partial charge on any atom is -0.246 e. The Morgan fingerprint density at radius 1 is 0.852 bits per heavy atom. The molecule has 1 aliphatic rings. The Hall–Kier alpha value is -2.91. The fourth-order valence-corrected chi connectivity index (χ4v) is 4.19. The fourth-order valence-electron chi connectivity index (χ4n) is 3.17. The second-order valence-electron chi connectivity index (χ2n) is 6.30. The van der Waals surface area contributed by atoms with Crippen molar-refractivity contribution in [2.45, 2.75) is 31.0 Å². The molecular weight excluding hydrogens is 368 g/mol. The van der Waals surface area contributed by atoms with E-state index in [0.29, 0.717) is 18.8 Å². The number of aromatic nitrogens is 3. The molecule has 2 heterocycles. The molecule has 140 valence electrons. The lowest BCUT2D eigenvalue weighted by Gasteiger charge is -2.08. The van der Waals surface area contributed by atoms with Crippen molar-refractivity contribution in [3.05, 3.63) is 81.1 Å². The van der Waals surface area contributed by atoms with Gasteiger partial charge in [-0.25, -0.2) is 36.7 Å². The normalized spacial score (nSPS) is 13.6. The van der Waals surface area contributed by atoms with Crippen LogP contribution in [-0.2, 0) is 29.7 Å². The van der Waals surface area contributed by atoms with E-state index in [0.717, 1.165) is 16.6 Å². The van der Waals surface area contributed by atoms with E-state index in [1.54, 1.807) is 0 Å². The SMILES string of the molecule is O=c1n(-c2ccc(S(=O)(=O)NCc3ccccc3)cc2)c(=O)n2n1CCC2. The van der Waals surface area contributed by atoms with Gasteiger partial charge in [-0.05, 0) is 36.2 Å². The summed E-state index contributed by atoms with van der Waals surface area (Å²) in [5.74, 6) is 0. The molecule has 2 aromatic carbocycles. The van der Waals surface area contributed by atoms with Gasteiger partial charge < -0.3 is 0 Å². The van der Waals surface area contributed by atoms with Crippen molar-refractivity contribution in [3.63, 3.8) is 0 Å². The maximum Gasteiger partial charge on any atom is 0.351 e. The van der Waals surface area contributed by atoms with Crippen LogP contribution in [0.3, 0.4) is 0 Å². The molecule has 3 aromatic rings. The Morgan fingerprint density at radius 2 is 1.44 bits per heavy atom. The molecule has 0 fully saturated rings. The molecule has 0 radical (unpaired) electrons. The van der Waals surface area contributed by atoms with Crippen LogP contribution in [-0.4, -0.2) is 22.3 Å². The van der Waals surface area contributed by atoms with Crippen molar-refractivity contribution < 1.29 is 8.42 Å². The van der Waals surface area contributed by atoms with Gasteiger partial charge in [-0.3, -0.25) is 0 Å². The van der Waals surface area contributed by atoms with E-state index >= 15 is 0 Å². The summed E-state index contributed by atoms with van der Waals surface area (Å²) < 4.78 is 31.3. The number of nitrogens with zero attached hydrogens (tertiary/aromatic N) is 3. The third kappa shape index (κ3) is 3.15. The van der Waals surface area contributed by atoms with E-state index in [9.17, 15) is 18.0 Å². The number of hydrogen-bond acceptors (Lipinski definition) is 4. The molecule has 1 aliphatic heterocycles. The van der Waals surface area contributed by atoms with Gasteiger partial charge in [0, 0.05) is 19.6 Å². The maximum atomic E-state index is 12.5. The zero-order valence-electron chi connectivity index (χ0n) is 14.4. The summed E-state index contributed by atoms with van der Waals surface area (Å²) in [5.41, 5.74) is 0.382. The third-order valence-corrected chi connectivity index (χ3v) is 5.99. The second kappa shape index (κ2) is 6.67. The molecule has 9 heteroatoms. The highest BCUT2D eigenvalue weighted by Crippen LogP contribution is 2.13. The van der Waals surface area contributed by atoms with Gasteiger partial charge in [0.25, 0.3) is 0 Å². The first kappa shape index (κ1) is 17.5. The molecule has 0 atom stereocenters. The summed E-state index contributed by atoms with van der Waals surface area (Å²) in [4.78, 5) is 24.9. The van der Waals surface area contributed by atoms with E-state index in [1.807, 2.05) is 30.3 Å². The van der Waals surface area contributed by atoms with E-state index in [4.69, 9.17) is 0 Å². The monoisotopic (exact) mass is 386 g/mol. The predicted molar refractivity (Wildman–Crippen MR) is 99.4 cm³/mol. The molecule has 1 aromatic heterocycles. The molecule has 0 saturated heterocycles. The lowest BCUT2D eigenvalue weighted by molar-refractivity contribution is 0.580. The molecule has 27 heavy (non-hydrogen) atoms. The average molecular weight is 386 g/mol. The number of fused-ring (bicyclic) bond motifs is 1. The Morgan fingerprint density at radius 3 is 2.04 bits per heavy atom. The summed E-state index contributed by atoms with van der Waals surface area (Å²) in [7, 11) is -3.70. The van der Waals surface area contributed by atoms with E-state index < -0.39 is 21.4 Å². The van der Waals surface area contributed by atoms with Gasteiger partial charge in [0.2, 0.25) is 10.0 Å². The van der Waals surface area contributed by atoms with E-state index in [2.05, 4.69) is 4.72 Å². The van der Waals surface area contributed by atoms with Gasteiger partial charge in [-0.1, -0.05) is 30.3 Å². The van der Waals surface area contributed by atoms with Crippen LogP contribution in [0.5, 0.6) is 0 Å². The van der Waals surface area contributed by atoms with Crippen LogP contribution in [0.4, 0.5) is 0 Å². The summed E-state index contributed by atoms with van der Waals surface area (Å²) in [6.45, 7) is 1.20. The molecule has 4 rings (SSSR count). The summed E-state index contributed by atoms with van der Waals surface area (Å²) in [5, 5.41) is 0. The van der Waals surface area contributed by atoms with Gasteiger partial charge >= 0.3 is 11.4 Å². The lowest BCUT2D eigenvalue weighted by atomic mass is 10.2. The Balaban J connectivity index is 1.59. The number of nitrogens with one attached hydrogen (secondary N) is 1. The Bertz CT molecular complexity index is 1150. The van der Waals surface area contributed by atoms with Gasteiger partial charge in [0.15, 0.2) is 0 Å². The molecular formula is C18H18N4O4S. The Labute approximate surface area is 155 Å². The number of sulfonamides is 1. The predicted octanol–water partition coefficient (Wildman–Crippen LogP) is 0.683. The molecule has 0 unspecified atom stereocenters. The second-order valence-corrected chi connectivity index (χ2v) is 8.07. The topological polar surface area (TPSA) is 95.1 Å². The molecule has 0 bridgehead atoms. The quantitative estimate of drug-likeness (QED) is 0.698. The summed E-state index contributed by atoms with van der Waals surface area (Å²) >= 11 is 0. The number of hydrogen-bond donors (Lipinski definition) is 1. The molecule has 0 aliphatic carbocycles. The smallest absolute Gasteiger partial charge is 0.246 e. The van der Waals surface area contributed by atoms with Crippen LogP contribution in [0, 0.1) is 0 Å².